The molecule has 2 rings (SSSR count). The third-order valence-corrected chi connectivity index (χ3v) is 4.37. The highest BCUT2D eigenvalue weighted by atomic mass is 32.2. The summed E-state index contributed by atoms with van der Waals surface area (Å²) in [4.78, 5) is -0.701. The Morgan fingerprint density at radius 3 is 2.00 bits per heavy atom. The molecule has 0 aromatic heterocycles. The Bertz CT molecular complexity index is 853. The predicted octanol–water partition coefficient (Wildman–Crippen LogP) is 1.85. The summed E-state index contributed by atoms with van der Waals surface area (Å²) >= 11 is 0. The molecule has 6 nitrogen and oxygen atoms in total. The Labute approximate surface area is 116 Å². The second-order valence-electron chi connectivity index (χ2n) is 3.97. The Hall–Kier alpha value is -1.74. The van der Waals surface area contributed by atoms with Gasteiger partial charge in [0.2, 0.25) is 0 Å². The molecule has 0 aliphatic carbocycles. The zero-order chi connectivity index (χ0) is 15.0. The van der Waals surface area contributed by atoms with E-state index in [4.69, 9.17) is 9.11 Å². The van der Waals surface area contributed by atoms with Crippen LogP contribution in [0.2, 0.25) is 0 Å². The van der Waals surface area contributed by atoms with Gasteiger partial charge in [-0.05, 0) is 23.8 Å². The molecule has 8 heteroatoms. The van der Waals surface area contributed by atoms with E-state index in [1.165, 1.54) is 36.4 Å². The quantitative estimate of drug-likeness (QED) is 0.837. The van der Waals surface area contributed by atoms with Crippen LogP contribution < -0.4 is 0 Å². The van der Waals surface area contributed by atoms with Crippen molar-refractivity contribution < 1.29 is 25.9 Å². The Morgan fingerprint density at radius 2 is 1.40 bits per heavy atom. The lowest BCUT2D eigenvalue weighted by molar-refractivity contribution is 0.481. The lowest BCUT2D eigenvalue weighted by Crippen LogP contribution is -2.01. The van der Waals surface area contributed by atoms with Crippen LogP contribution in [0, 0.1) is 0 Å². The number of hydrogen-bond donors (Lipinski definition) is 2. The molecule has 0 atom stereocenters. The molecule has 0 amide bonds. The topological polar surface area (TPSA) is 109 Å². The Kier molecular flexibility index (Phi) is 3.65. The van der Waals surface area contributed by atoms with E-state index in [1.807, 2.05) is 0 Å². The van der Waals surface area contributed by atoms with E-state index < -0.39 is 20.2 Å². The summed E-state index contributed by atoms with van der Waals surface area (Å²) in [6, 6.07) is 10.7. The molecule has 0 bridgehead atoms. The maximum Gasteiger partial charge on any atom is 0.295 e. The van der Waals surface area contributed by atoms with Crippen LogP contribution in [0.15, 0.2) is 58.3 Å². The first-order valence-electron chi connectivity index (χ1n) is 5.34. The molecule has 2 aromatic rings. The molecule has 0 saturated heterocycles. The van der Waals surface area contributed by atoms with Crippen molar-refractivity contribution in [3.63, 3.8) is 0 Å². The molecular weight excluding hydrogens is 304 g/mol. The third kappa shape index (κ3) is 3.05. The van der Waals surface area contributed by atoms with Gasteiger partial charge in [0.25, 0.3) is 20.2 Å². The van der Waals surface area contributed by atoms with Crippen molar-refractivity contribution in [2.24, 2.45) is 0 Å². The molecule has 0 aliphatic rings. The van der Waals surface area contributed by atoms with Gasteiger partial charge in [-0.15, -0.1) is 0 Å². The maximum atomic E-state index is 11.3. The van der Waals surface area contributed by atoms with Gasteiger partial charge in [-0.1, -0.05) is 30.3 Å². The van der Waals surface area contributed by atoms with Crippen LogP contribution in [0.3, 0.4) is 0 Å². The number of benzene rings is 2. The van der Waals surface area contributed by atoms with Crippen LogP contribution in [0.5, 0.6) is 0 Å². The zero-order valence-electron chi connectivity index (χ0n) is 9.96. The van der Waals surface area contributed by atoms with Crippen LogP contribution in [-0.4, -0.2) is 25.9 Å². The molecule has 0 aliphatic heterocycles. The van der Waals surface area contributed by atoms with E-state index in [0.29, 0.717) is 0 Å². The van der Waals surface area contributed by atoms with Crippen molar-refractivity contribution >= 4 is 20.2 Å². The molecule has 0 unspecified atom stereocenters. The molecule has 0 fully saturated rings. The van der Waals surface area contributed by atoms with E-state index >= 15 is 0 Å². The maximum absolute atomic E-state index is 11.3. The summed E-state index contributed by atoms with van der Waals surface area (Å²) in [7, 11) is -8.84. The fraction of sp³-hybridized carbons (Fsp3) is 0. The second-order valence-corrected chi connectivity index (χ2v) is 6.79. The summed E-state index contributed by atoms with van der Waals surface area (Å²) in [6.07, 6.45) is 0. The van der Waals surface area contributed by atoms with Gasteiger partial charge in [0, 0.05) is 5.56 Å². The summed E-state index contributed by atoms with van der Waals surface area (Å²) in [5, 5.41) is 0. The molecule has 2 aromatic carbocycles. The van der Waals surface area contributed by atoms with Crippen LogP contribution >= 0.6 is 0 Å². The molecule has 0 saturated carbocycles. The van der Waals surface area contributed by atoms with Crippen molar-refractivity contribution in [1.82, 2.24) is 0 Å². The minimum absolute atomic E-state index is 0.139. The predicted molar refractivity (Wildman–Crippen MR) is 71.5 cm³/mol. The minimum Gasteiger partial charge on any atom is -0.282 e. The highest BCUT2D eigenvalue weighted by Crippen LogP contribution is 2.28. The largest absolute Gasteiger partial charge is 0.295 e. The first-order chi connectivity index (χ1) is 9.19. The van der Waals surface area contributed by atoms with Gasteiger partial charge in [-0.3, -0.25) is 9.11 Å². The van der Waals surface area contributed by atoms with Crippen LogP contribution in [0.1, 0.15) is 0 Å². The number of rotatable bonds is 3. The van der Waals surface area contributed by atoms with Crippen molar-refractivity contribution in [2.75, 3.05) is 0 Å². The van der Waals surface area contributed by atoms with Gasteiger partial charge in [-0.25, -0.2) is 0 Å². The fourth-order valence-electron chi connectivity index (χ4n) is 1.75. The normalized spacial score (nSPS) is 12.3. The standard InChI is InChI=1S/C12H10O6S2/c13-19(14,15)10-5-3-4-9(8-10)11-6-1-2-7-12(11)20(16,17)18/h1-8H,(H,13,14,15)(H,16,17,18). The lowest BCUT2D eigenvalue weighted by Gasteiger charge is -2.08. The summed E-state index contributed by atoms with van der Waals surface area (Å²) in [5.74, 6) is 0. The molecule has 106 valence electrons. The first kappa shape index (κ1) is 14.7. The molecule has 20 heavy (non-hydrogen) atoms. The molecule has 0 heterocycles. The Balaban J connectivity index is 2.71. The van der Waals surface area contributed by atoms with Crippen LogP contribution in [0.4, 0.5) is 0 Å². The van der Waals surface area contributed by atoms with Gasteiger partial charge >= 0.3 is 0 Å². The van der Waals surface area contributed by atoms with Crippen molar-refractivity contribution in [3.8, 4) is 11.1 Å². The zero-order valence-corrected chi connectivity index (χ0v) is 11.6. The highest BCUT2D eigenvalue weighted by molar-refractivity contribution is 7.86. The van der Waals surface area contributed by atoms with Crippen LogP contribution in [-0.2, 0) is 20.2 Å². The van der Waals surface area contributed by atoms with Gasteiger partial charge in [0.1, 0.15) is 4.90 Å². The average Bonchev–Trinajstić information content (AvgIpc) is 2.37. The van der Waals surface area contributed by atoms with E-state index in [0.717, 1.165) is 6.07 Å². The second kappa shape index (κ2) is 4.98. The van der Waals surface area contributed by atoms with E-state index in [-0.39, 0.29) is 20.9 Å². The minimum atomic E-state index is -4.44. The first-order valence-corrected chi connectivity index (χ1v) is 8.22. The van der Waals surface area contributed by atoms with Gasteiger partial charge in [0.05, 0.1) is 4.90 Å². The summed E-state index contributed by atoms with van der Waals surface area (Å²) in [6.45, 7) is 0. The monoisotopic (exact) mass is 314 g/mol. The SMILES string of the molecule is O=S(=O)(O)c1cccc(-c2ccccc2S(=O)(=O)O)c1. The van der Waals surface area contributed by atoms with Gasteiger partial charge in [0.15, 0.2) is 0 Å². The summed E-state index contributed by atoms with van der Waals surface area (Å²) in [5.41, 5.74) is 0.383. The third-order valence-electron chi connectivity index (χ3n) is 2.61. The number of hydrogen-bond acceptors (Lipinski definition) is 4. The van der Waals surface area contributed by atoms with Gasteiger partial charge in [-0.2, -0.15) is 16.8 Å². The summed E-state index contributed by atoms with van der Waals surface area (Å²) < 4.78 is 62.9. The van der Waals surface area contributed by atoms with Crippen molar-refractivity contribution in [1.29, 1.82) is 0 Å². The average molecular weight is 314 g/mol. The van der Waals surface area contributed by atoms with Gasteiger partial charge < -0.3 is 0 Å². The van der Waals surface area contributed by atoms with E-state index in [9.17, 15) is 16.8 Å². The molecule has 0 radical (unpaired) electrons. The van der Waals surface area contributed by atoms with Crippen molar-refractivity contribution in [3.05, 3.63) is 48.5 Å². The van der Waals surface area contributed by atoms with E-state index in [1.54, 1.807) is 6.07 Å². The van der Waals surface area contributed by atoms with Crippen molar-refractivity contribution in [2.45, 2.75) is 9.79 Å². The van der Waals surface area contributed by atoms with Crippen LogP contribution in [0.25, 0.3) is 11.1 Å². The molecule has 0 spiro atoms. The molecule has 2 N–H and O–H groups in total. The smallest absolute Gasteiger partial charge is 0.282 e. The molecular formula is C12H10O6S2. The fourth-order valence-corrected chi connectivity index (χ4v) is 2.99. The Morgan fingerprint density at radius 1 is 0.750 bits per heavy atom. The highest BCUT2D eigenvalue weighted by Gasteiger charge is 2.17. The lowest BCUT2D eigenvalue weighted by atomic mass is 10.1. The van der Waals surface area contributed by atoms with E-state index in [2.05, 4.69) is 0 Å².